The van der Waals surface area contributed by atoms with Gasteiger partial charge < -0.3 is 9.52 Å². The van der Waals surface area contributed by atoms with E-state index in [1.807, 2.05) is 31.2 Å². The molecule has 2 rings (SSSR count). The summed E-state index contributed by atoms with van der Waals surface area (Å²) in [5.74, 6) is 0.433. The molecule has 0 fully saturated rings. The maximum absolute atomic E-state index is 10.9. The molecule has 0 saturated carbocycles. The Morgan fingerprint density at radius 2 is 2.20 bits per heavy atom. The van der Waals surface area contributed by atoms with Crippen LogP contribution in [-0.2, 0) is 10.5 Å². The first kappa shape index (κ1) is 15.1. The van der Waals surface area contributed by atoms with Gasteiger partial charge in [0, 0.05) is 4.47 Å². The van der Waals surface area contributed by atoms with Crippen molar-refractivity contribution in [1.82, 2.24) is 10.2 Å². The fraction of sp³-hybridized carbons (Fsp3) is 0.308. The minimum absolute atomic E-state index is 0.391. The molecule has 0 aliphatic rings. The lowest BCUT2D eigenvalue weighted by atomic mass is 10.2. The highest BCUT2D eigenvalue weighted by atomic mass is 79.9. The minimum atomic E-state index is -0.817. The van der Waals surface area contributed by atoms with E-state index in [1.54, 1.807) is 0 Å². The lowest BCUT2D eigenvalue weighted by molar-refractivity contribution is -0.136. The van der Waals surface area contributed by atoms with Crippen LogP contribution < -0.4 is 0 Å². The molecule has 0 spiro atoms. The summed E-state index contributed by atoms with van der Waals surface area (Å²) in [7, 11) is 0. The van der Waals surface area contributed by atoms with Crippen molar-refractivity contribution in [2.75, 3.05) is 0 Å². The molecule has 106 valence electrons. The van der Waals surface area contributed by atoms with Gasteiger partial charge in [0.15, 0.2) is 0 Å². The van der Waals surface area contributed by atoms with Crippen LogP contribution >= 0.6 is 27.7 Å². The van der Waals surface area contributed by atoms with E-state index in [0.717, 1.165) is 10.0 Å². The van der Waals surface area contributed by atoms with Gasteiger partial charge in [0.05, 0.1) is 11.3 Å². The molecule has 5 nitrogen and oxygen atoms in total. The Bertz CT molecular complexity index is 603. The van der Waals surface area contributed by atoms with Crippen molar-refractivity contribution in [2.45, 2.75) is 24.3 Å². The van der Waals surface area contributed by atoms with Crippen LogP contribution in [0.25, 0.3) is 11.5 Å². The van der Waals surface area contributed by atoms with E-state index >= 15 is 0 Å². The Kier molecular flexibility index (Phi) is 5.19. The van der Waals surface area contributed by atoms with Crippen LogP contribution in [0, 0.1) is 0 Å². The van der Waals surface area contributed by atoms with E-state index < -0.39 is 11.2 Å². The summed E-state index contributed by atoms with van der Waals surface area (Å²) in [6.07, 6.45) is 0.561. The molecule has 1 aromatic carbocycles. The molecule has 0 radical (unpaired) electrons. The molecule has 0 saturated heterocycles. The van der Waals surface area contributed by atoms with E-state index in [2.05, 4.69) is 26.1 Å². The molecular formula is C13H13BrN2O3S. The number of nitrogens with zero attached hydrogens (tertiary/aromatic N) is 2. The van der Waals surface area contributed by atoms with Crippen LogP contribution in [0.3, 0.4) is 0 Å². The summed E-state index contributed by atoms with van der Waals surface area (Å²) in [5, 5.41) is 16.5. The van der Waals surface area contributed by atoms with Crippen LogP contribution in [0.5, 0.6) is 0 Å². The van der Waals surface area contributed by atoms with Crippen molar-refractivity contribution in [3.8, 4) is 11.5 Å². The summed E-state index contributed by atoms with van der Waals surface area (Å²) in [6.45, 7) is 1.84. The van der Waals surface area contributed by atoms with Crippen molar-refractivity contribution < 1.29 is 14.3 Å². The third-order valence-electron chi connectivity index (χ3n) is 2.63. The zero-order valence-electron chi connectivity index (χ0n) is 10.7. The summed E-state index contributed by atoms with van der Waals surface area (Å²) in [5.41, 5.74) is 0.821. The largest absolute Gasteiger partial charge is 0.480 e. The first-order valence-electron chi connectivity index (χ1n) is 6.03. The topological polar surface area (TPSA) is 76.2 Å². The number of carboxylic acid groups (broad SMARTS) is 1. The van der Waals surface area contributed by atoms with E-state index in [0.29, 0.717) is 24.0 Å². The second-order valence-electron chi connectivity index (χ2n) is 4.03. The Morgan fingerprint density at radius 3 is 2.85 bits per heavy atom. The molecule has 0 bridgehead atoms. The highest BCUT2D eigenvalue weighted by Gasteiger charge is 2.18. The summed E-state index contributed by atoms with van der Waals surface area (Å²) < 4.78 is 6.43. The van der Waals surface area contributed by atoms with Crippen molar-refractivity contribution in [3.05, 3.63) is 34.6 Å². The Balaban J connectivity index is 2.06. The van der Waals surface area contributed by atoms with Crippen LogP contribution in [0.15, 0.2) is 33.2 Å². The smallest absolute Gasteiger partial charge is 0.316 e. The number of aliphatic carboxylic acids is 1. The first-order valence-corrected chi connectivity index (χ1v) is 7.87. The monoisotopic (exact) mass is 356 g/mol. The second-order valence-corrected chi connectivity index (χ2v) is 6.07. The Morgan fingerprint density at radius 1 is 1.45 bits per heavy atom. The number of hydrogen-bond acceptors (Lipinski definition) is 5. The van der Waals surface area contributed by atoms with Crippen molar-refractivity contribution in [3.63, 3.8) is 0 Å². The molecule has 1 unspecified atom stereocenters. The summed E-state index contributed by atoms with van der Waals surface area (Å²) in [6, 6.07) is 7.56. The number of aromatic nitrogens is 2. The highest BCUT2D eigenvalue weighted by Crippen LogP contribution is 2.28. The SMILES string of the molecule is CCC(SCc1nnc(-c2ccccc2Br)o1)C(=O)O. The van der Waals surface area contributed by atoms with Crippen LogP contribution in [0.2, 0.25) is 0 Å². The van der Waals surface area contributed by atoms with E-state index in [-0.39, 0.29) is 0 Å². The normalized spacial score (nSPS) is 12.3. The molecule has 0 amide bonds. The van der Waals surface area contributed by atoms with Gasteiger partial charge in [0.25, 0.3) is 0 Å². The molecule has 1 atom stereocenters. The standard InChI is InChI=1S/C13H13BrN2O3S/c1-2-10(13(17)18)20-7-11-15-16-12(19-11)8-5-3-4-6-9(8)14/h3-6,10H,2,7H2,1H3,(H,17,18). The molecule has 1 N–H and O–H groups in total. The van der Waals surface area contributed by atoms with E-state index in [4.69, 9.17) is 9.52 Å². The second kappa shape index (κ2) is 6.90. The summed E-state index contributed by atoms with van der Waals surface area (Å²) in [4.78, 5) is 10.9. The van der Waals surface area contributed by atoms with Crippen molar-refractivity contribution in [2.24, 2.45) is 0 Å². The molecule has 1 heterocycles. The number of thioether (sulfide) groups is 1. The highest BCUT2D eigenvalue weighted by molar-refractivity contribution is 9.10. The van der Waals surface area contributed by atoms with Crippen molar-refractivity contribution >= 4 is 33.7 Å². The van der Waals surface area contributed by atoms with Crippen molar-refractivity contribution in [1.29, 1.82) is 0 Å². The van der Waals surface area contributed by atoms with Gasteiger partial charge in [-0.3, -0.25) is 4.79 Å². The van der Waals surface area contributed by atoms with Crippen LogP contribution in [0.4, 0.5) is 0 Å². The number of carboxylic acids is 1. The zero-order valence-corrected chi connectivity index (χ0v) is 13.1. The maximum Gasteiger partial charge on any atom is 0.316 e. The molecule has 7 heteroatoms. The van der Waals surface area contributed by atoms with E-state index in [9.17, 15) is 4.79 Å². The number of carbonyl (C=O) groups is 1. The Labute approximate surface area is 128 Å². The minimum Gasteiger partial charge on any atom is -0.480 e. The molecule has 0 aliphatic carbocycles. The fourth-order valence-electron chi connectivity index (χ4n) is 1.59. The average molecular weight is 357 g/mol. The predicted octanol–water partition coefficient (Wildman–Crippen LogP) is 3.60. The van der Waals surface area contributed by atoms with Crippen LogP contribution in [-0.4, -0.2) is 26.5 Å². The molecule has 20 heavy (non-hydrogen) atoms. The third kappa shape index (κ3) is 3.61. The quantitative estimate of drug-likeness (QED) is 0.851. The first-order chi connectivity index (χ1) is 9.61. The van der Waals surface area contributed by atoms with Gasteiger partial charge in [-0.15, -0.1) is 22.0 Å². The molecule has 0 aliphatic heterocycles. The Hall–Kier alpha value is -1.34. The van der Waals surface area contributed by atoms with Gasteiger partial charge in [-0.25, -0.2) is 0 Å². The average Bonchev–Trinajstić information content (AvgIpc) is 2.88. The molecule has 2 aromatic rings. The van der Waals surface area contributed by atoms with Gasteiger partial charge in [-0.05, 0) is 34.5 Å². The van der Waals surface area contributed by atoms with Gasteiger partial charge >= 0.3 is 5.97 Å². The van der Waals surface area contributed by atoms with Crippen LogP contribution in [0.1, 0.15) is 19.2 Å². The van der Waals surface area contributed by atoms with Gasteiger partial charge in [0.1, 0.15) is 5.25 Å². The molecule has 1 aromatic heterocycles. The van der Waals surface area contributed by atoms with Gasteiger partial charge in [0.2, 0.25) is 11.8 Å². The number of hydrogen-bond donors (Lipinski definition) is 1. The maximum atomic E-state index is 10.9. The zero-order chi connectivity index (χ0) is 14.5. The number of halogens is 1. The summed E-state index contributed by atoms with van der Waals surface area (Å²) >= 11 is 4.71. The lowest BCUT2D eigenvalue weighted by Crippen LogP contribution is -2.15. The number of benzene rings is 1. The molecular weight excluding hydrogens is 344 g/mol. The number of rotatable bonds is 6. The predicted molar refractivity (Wildman–Crippen MR) is 80.4 cm³/mol. The third-order valence-corrected chi connectivity index (χ3v) is 4.67. The van der Waals surface area contributed by atoms with Gasteiger partial charge in [-0.2, -0.15) is 0 Å². The van der Waals surface area contributed by atoms with E-state index in [1.165, 1.54) is 11.8 Å². The van der Waals surface area contributed by atoms with Gasteiger partial charge in [-0.1, -0.05) is 19.1 Å². The fourth-order valence-corrected chi connectivity index (χ4v) is 2.88. The lowest BCUT2D eigenvalue weighted by Gasteiger charge is -2.06.